The summed E-state index contributed by atoms with van der Waals surface area (Å²) in [5, 5.41) is 18.9. The molecule has 0 spiro atoms. The van der Waals surface area contributed by atoms with Gasteiger partial charge in [-0.1, -0.05) is 20.8 Å². The summed E-state index contributed by atoms with van der Waals surface area (Å²) in [6, 6.07) is 1.61. The Morgan fingerprint density at radius 1 is 1.29 bits per heavy atom. The van der Waals surface area contributed by atoms with Gasteiger partial charge in [0.2, 0.25) is 0 Å². The molecule has 116 valence electrons. The van der Waals surface area contributed by atoms with E-state index in [0.29, 0.717) is 18.5 Å². The second-order valence-electron chi connectivity index (χ2n) is 6.17. The number of nitrogens with one attached hydrogen (secondary N) is 1. The number of carbonyl (C=O) groups excluding carboxylic acids is 1. The predicted molar refractivity (Wildman–Crippen MR) is 78.8 cm³/mol. The first-order valence-corrected chi connectivity index (χ1v) is 7.07. The number of carbonyl (C=O) groups is 2. The van der Waals surface area contributed by atoms with Gasteiger partial charge in [-0.05, 0) is 30.2 Å². The molecule has 1 unspecified atom stereocenters. The van der Waals surface area contributed by atoms with Crippen molar-refractivity contribution >= 4 is 11.9 Å². The number of hydrogen-bond donors (Lipinski definition) is 2. The monoisotopic (exact) mass is 293 g/mol. The minimum Gasteiger partial charge on any atom is -0.481 e. The molecule has 1 amide bonds. The lowest BCUT2D eigenvalue weighted by molar-refractivity contribution is -0.137. The van der Waals surface area contributed by atoms with Crippen LogP contribution in [0.5, 0.6) is 0 Å². The third kappa shape index (κ3) is 6.33. The third-order valence-corrected chi connectivity index (χ3v) is 3.56. The highest BCUT2D eigenvalue weighted by molar-refractivity contribution is 5.93. The van der Waals surface area contributed by atoms with Gasteiger partial charge in [-0.2, -0.15) is 10.2 Å². The number of rotatable bonds is 7. The summed E-state index contributed by atoms with van der Waals surface area (Å²) in [6.07, 6.45) is 4.41. The second-order valence-corrected chi connectivity index (χ2v) is 6.17. The number of nitrogens with zero attached hydrogens (tertiary/aromatic N) is 2. The Morgan fingerprint density at radius 3 is 2.52 bits per heavy atom. The fraction of sp³-hybridized carbons (Fsp3) is 0.600. The van der Waals surface area contributed by atoms with Crippen molar-refractivity contribution in [2.45, 2.75) is 40.0 Å². The zero-order valence-electron chi connectivity index (χ0n) is 12.8. The minimum atomic E-state index is -0.781. The Bertz CT molecular complexity index is 469. The van der Waals surface area contributed by atoms with E-state index in [0.717, 1.165) is 6.42 Å². The largest absolute Gasteiger partial charge is 0.481 e. The van der Waals surface area contributed by atoms with Crippen LogP contribution in [0.4, 0.5) is 0 Å². The Balaban J connectivity index is 2.46. The molecule has 6 heteroatoms. The van der Waals surface area contributed by atoms with Crippen molar-refractivity contribution in [1.29, 1.82) is 0 Å². The molecular weight excluding hydrogens is 270 g/mol. The zero-order chi connectivity index (χ0) is 15.9. The first kappa shape index (κ1) is 17.1. The van der Waals surface area contributed by atoms with E-state index in [1.54, 1.807) is 6.07 Å². The summed E-state index contributed by atoms with van der Waals surface area (Å²) in [6.45, 7) is 6.79. The van der Waals surface area contributed by atoms with Crippen molar-refractivity contribution in [2.75, 3.05) is 6.54 Å². The maximum atomic E-state index is 11.9. The van der Waals surface area contributed by atoms with E-state index in [2.05, 4.69) is 36.3 Å². The van der Waals surface area contributed by atoms with Gasteiger partial charge in [0.15, 0.2) is 0 Å². The fourth-order valence-corrected chi connectivity index (χ4v) is 2.20. The Morgan fingerprint density at radius 2 is 2.00 bits per heavy atom. The van der Waals surface area contributed by atoms with E-state index in [9.17, 15) is 9.59 Å². The van der Waals surface area contributed by atoms with Crippen molar-refractivity contribution in [3.63, 3.8) is 0 Å². The van der Waals surface area contributed by atoms with Crippen LogP contribution in [0.25, 0.3) is 0 Å². The predicted octanol–water partition coefficient (Wildman–Crippen LogP) is 2.12. The summed E-state index contributed by atoms with van der Waals surface area (Å²) in [5.41, 5.74) is 0.487. The fourth-order valence-electron chi connectivity index (χ4n) is 2.20. The molecule has 1 atom stereocenters. The molecule has 0 bridgehead atoms. The molecule has 1 aromatic heterocycles. The van der Waals surface area contributed by atoms with Gasteiger partial charge in [0.1, 0.15) is 0 Å². The number of carboxylic acid groups (broad SMARTS) is 1. The van der Waals surface area contributed by atoms with Crippen LogP contribution in [0.1, 0.15) is 50.4 Å². The summed E-state index contributed by atoms with van der Waals surface area (Å²) in [5.74, 6) is -0.726. The average molecular weight is 293 g/mol. The van der Waals surface area contributed by atoms with Gasteiger partial charge in [0.05, 0.1) is 18.0 Å². The molecule has 0 saturated carbocycles. The molecule has 0 radical (unpaired) electrons. The molecule has 1 heterocycles. The van der Waals surface area contributed by atoms with E-state index in [4.69, 9.17) is 5.11 Å². The van der Waals surface area contributed by atoms with Gasteiger partial charge in [0.25, 0.3) is 5.91 Å². The molecule has 0 aliphatic carbocycles. The van der Waals surface area contributed by atoms with Crippen LogP contribution >= 0.6 is 0 Å². The van der Waals surface area contributed by atoms with Crippen LogP contribution in [0.2, 0.25) is 0 Å². The van der Waals surface area contributed by atoms with Crippen LogP contribution in [0, 0.1) is 11.3 Å². The quantitative estimate of drug-likeness (QED) is 0.803. The molecule has 2 N–H and O–H groups in total. The van der Waals surface area contributed by atoms with Gasteiger partial charge >= 0.3 is 5.97 Å². The molecule has 0 aliphatic rings. The first-order valence-electron chi connectivity index (χ1n) is 7.07. The molecular formula is C15H23N3O3. The first-order chi connectivity index (χ1) is 9.80. The molecule has 6 nitrogen and oxygen atoms in total. The number of amides is 1. The van der Waals surface area contributed by atoms with Crippen molar-refractivity contribution in [3.8, 4) is 0 Å². The van der Waals surface area contributed by atoms with Gasteiger partial charge in [-0.3, -0.25) is 9.59 Å². The maximum absolute atomic E-state index is 11.9. The Kier molecular flexibility index (Phi) is 6.27. The lowest BCUT2D eigenvalue weighted by Crippen LogP contribution is -2.30. The van der Waals surface area contributed by atoms with Crippen LogP contribution in [0.15, 0.2) is 18.5 Å². The number of carboxylic acids is 1. The molecule has 0 saturated heterocycles. The standard InChI is InChI=1S/C15H23N3O3/c1-15(2,3)12(4-5-13(19)20)7-8-16-14(21)11-6-9-17-18-10-11/h6,9-10,12H,4-5,7-8H2,1-3H3,(H,16,21)(H,19,20). The third-order valence-electron chi connectivity index (χ3n) is 3.56. The number of aromatic nitrogens is 2. The molecule has 0 fully saturated rings. The van der Waals surface area contributed by atoms with Crippen molar-refractivity contribution in [1.82, 2.24) is 15.5 Å². The lowest BCUT2D eigenvalue weighted by atomic mass is 9.76. The molecule has 21 heavy (non-hydrogen) atoms. The summed E-state index contributed by atoms with van der Waals surface area (Å²) < 4.78 is 0. The van der Waals surface area contributed by atoms with Crippen molar-refractivity contribution in [3.05, 3.63) is 24.0 Å². The van der Waals surface area contributed by atoms with E-state index in [1.807, 2.05) is 0 Å². The summed E-state index contributed by atoms with van der Waals surface area (Å²) in [4.78, 5) is 22.6. The van der Waals surface area contributed by atoms with E-state index in [1.165, 1.54) is 12.4 Å². The van der Waals surface area contributed by atoms with E-state index < -0.39 is 5.97 Å². The van der Waals surface area contributed by atoms with E-state index in [-0.39, 0.29) is 23.7 Å². The van der Waals surface area contributed by atoms with Gasteiger partial charge in [-0.25, -0.2) is 0 Å². The zero-order valence-corrected chi connectivity index (χ0v) is 12.8. The summed E-state index contributed by atoms with van der Waals surface area (Å²) >= 11 is 0. The van der Waals surface area contributed by atoms with Gasteiger partial charge in [-0.15, -0.1) is 0 Å². The second kappa shape index (κ2) is 7.71. The molecule has 1 rings (SSSR count). The topological polar surface area (TPSA) is 92.2 Å². The Hall–Kier alpha value is -1.98. The lowest BCUT2D eigenvalue weighted by Gasteiger charge is -2.30. The minimum absolute atomic E-state index is 0.0123. The highest BCUT2D eigenvalue weighted by atomic mass is 16.4. The van der Waals surface area contributed by atoms with Gasteiger partial charge < -0.3 is 10.4 Å². The molecule has 0 aliphatic heterocycles. The van der Waals surface area contributed by atoms with Crippen LogP contribution < -0.4 is 5.32 Å². The highest BCUT2D eigenvalue weighted by Gasteiger charge is 2.24. The maximum Gasteiger partial charge on any atom is 0.303 e. The smallest absolute Gasteiger partial charge is 0.303 e. The van der Waals surface area contributed by atoms with Crippen LogP contribution in [0.3, 0.4) is 0 Å². The van der Waals surface area contributed by atoms with Crippen molar-refractivity contribution in [2.24, 2.45) is 11.3 Å². The highest BCUT2D eigenvalue weighted by Crippen LogP contribution is 2.32. The normalized spacial score (nSPS) is 12.7. The van der Waals surface area contributed by atoms with Crippen LogP contribution in [-0.2, 0) is 4.79 Å². The number of hydrogen-bond acceptors (Lipinski definition) is 4. The Labute approximate surface area is 125 Å². The SMILES string of the molecule is CC(C)(C)C(CCNC(=O)c1ccnnc1)CCC(=O)O. The van der Waals surface area contributed by atoms with Crippen molar-refractivity contribution < 1.29 is 14.7 Å². The summed E-state index contributed by atoms with van der Waals surface area (Å²) in [7, 11) is 0. The molecule has 0 aromatic carbocycles. The average Bonchev–Trinajstić information content (AvgIpc) is 2.41. The van der Waals surface area contributed by atoms with Crippen LogP contribution in [-0.4, -0.2) is 33.7 Å². The molecule has 1 aromatic rings. The number of aliphatic carboxylic acids is 1. The van der Waals surface area contributed by atoms with E-state index >= 15 is 0 Å². The van der Waals surface area contributed by atoms with Gasteiger partial charge in [0, 0.05) is 13.0 Å².